The molecule has 1 unspecified atom stereocenters. The zero-order valence-corrected chi connectivity index (χ0v) is 9.98. The summed E-state index contributed by atoms with van der Waals surface area (Å²) in [7, 11) is 0. The molecule has 0 radical (unpaired) electrons. The molecule has 1 aliphatic heterocycles. The summed E-state index contributed by atoms with van der Waals surface area (Å²) in [6.07, 6.45) is 5.15. The minimum atomic E-state index is 0.291. The Labute approximate surface area is 106 Å². The van der Waals surface area contributed by atoms with Crippen LogP contribution in [0.25, 0.3) is 11.1 Å². The van der Waals surface area contributed by atoms with Crippen LogP contribution < -0.4 is 10.9 Å². The van der Waals surface area contributed by atoms with E-state index in [-0.39, 0.29) is 0 Å². The number of benzene rings is 2. The van der Waals surface area contributed by atoms with Gasteiger partial charge >= 0.3 is 0 Å². The maximum Gasteiger partial charge on any atom is 0.0707 e. The third kappa shape index (κ3) is 1.39. The Balaban J connectivity index is 1.79. The molecule has 0 fully saturated rings. The van der Waals surface area contributed by atoms with Crippen molar-refractivity contribution in [2.45, 2.75) is 12.5 Å². The van der Waals surface area contributed by atoms with Crippen LogP contribution in [-0.2, 0) is 6.42 Å². The highest BCUT2D eigenvalue weighted by Crippen LogP contribution is 2.37. The third-order valence-corrected chi connectivity index (χ3v) is 3.79. The molecule has 0 bridgehead atoms. The lowest BCUT2D eigenvalue weighted by Gasteiger charge is -2.11. The highest BCUT2D eigenvalue weighted by Gasteiger charge is 2.19. The topological polar surface area (TPSA) is 24.1 Å². The van der Waals surface area contributed by atoms with Crippen molar-refractivity contribution in [1.82, 2.24) is 10.9 Å². The van der Waals surface area contributed by atoms with Gasteiger partial charge in [0.25, 0.3) is 0 Å². The Morgan fingerprint density at radius 3 is 2.72 bits per heavy atom. The van der Waals surface area contributed by atoms with Crippen molar-refractivity contribution >= 4 is 0 Å². The molecule has 0 spiro atoms. The number of hydrazine groups is 1. The quantitative estimate of drug-likeness (QED) is 0.676. The highest BCUT2D eigenvalue weighted by molar-refractivity contribution is 5.77. The van der Waals surface area contributed by atoms with E-state index in [1.165, 1.54) is 27.8 Å². The van der Waals surface area contributed by atoms with Gasteiger partial charge in [-0.15, -0.1) is 0 Å². The van der Waals surface area contributed by atoms with Crippen molar-refractivity contribution in [3.8, 4) is 11.1 Å². The monoisotopic (exact) mass is 234 g/mol. The molecule has 2 aliphatic rings. The maximum atomic E-state index is 3.22. The van der Waals surface area contributed by atoms with Crippen molar-refractivity contribution in [2.24, 2.45) is 0 Å². The highest BCUT2D eigenvalue weighted by atomic mass is 15.4. The molecule has 18 heavy (non-hydrogen) atoms. The van der Waals surface area contributed by atoms with Gasteiger partial charge in [0.05, 0.1) is 6.04 Å². The molecule has 1 heterocycles. The second-order valence-electron chi connectivity index (χ2n) is 4.88. The average molecular weight is 234 g/mol. The van der Waals surface area contributed by atoms with Crippen molar-refractivity contribution in [3.63, 3.8) is 0 Å². The van der Waals surface area contributed by atoms with Crippen LogP contribution in [0.15, 0.2) is 54.7 Å². The number of fused-ring (bicyclic) bond motifs is 3. The Kier molecular flexibility index (Phi) is 2.05. The summed E-state index contributed by atoms with van der Waals surface area (Å²) < 4.78 is 0. The second kappa shape index (κ2) is 3.72. The van der Waals surface area contributed by atoms with Gasteiger partial charge in [0.2, 0.25) is 0 Å². The summed E-state index contributed by atoms with van der Waals surface area (Å²) in [6.45, 7) is 0. The molecule has 0 saturated carbocycles. The van der Waals surface area contributed by atoms with Crippen LogP contribution in [0, 0.1) is 0 Å². The van der Waals surface area contributed by atoms with Gasteiger partial charge in [0, 0.05) is 6.20 Å². The molecule has 2 N–H and O–H groups in total. The summed E-state index contributed by atoms with van der Waals surface area (Å²) in [5.41, 5.74) is 13.2. The first kappa shape index (κ1) is 9.92. The van der Waals surface area contributed by atoms with E-state index < -0.39 is 0 Å². The lowest BCUT2D eigenvalue weighted by atomic mass is 10.00. The maximum absolute atomic E-state index is 3.22. The van der Waals surface area contributed by atoms with E-state index in [9.17, 15) is 0 Å². The Morgan fingerprint density at radius 1 is 0.944 bits per heavy atom. The molecule has 0 amide bonds. The SMILES string of the molecule is C1=CC(c2ccc3c(c2)Cc2ccccc2-3)NN1. The lowest BCUT2D eigenvalue weighted by molar-refractivity contribution is 0.610. The van der Waals surface area contributed by atoms with Gasteiger partial charge in [-0.3, -0.25) is 0 Å². The minimum absolute atomic E-state index is 0.291. The van der Waals surface area contributed by atoms with E-state index >= 15 is 0 Å². The summed E-state index contributed by atoms with van der Waals surface area (Å²) in [5.74, 6) is 0. The number of hydrogen-bond acceptors (Lipinski definition) is 2. The number of hydrogen-bond donors (Lipinski definition) is 2. The molecule has 88 valence electrons. The van der Waals surface area contributed by atoms with Crippen LogP contribution in [0.2, 0.25) is 0 Å². The molecular formula is C16H14N2. The van der Waals surface area contributed by atoms with Gasteiger partial charge in [-0.2, -0.15) is 0 Å². The van der Waals surface area contributed by atoms with Crippen molar-refractivity contribution < 1.29 is 0 Å². The first-order chi connectivity index (χ1) is 8.92. The average Bonchev–Trinajstić information content (AvgIpc) is 3.05. The van der Waals surface area contributed by atoms with Gasteiger partial charge in [-0.05, 0) is 40.3 Å². The summed E-state index contributed by atoms with van der Waals surface area (Å²) in [6, 6.07) is 15.8. The van der Waals surface area contributed by atoms with Gasteiger partial charge in [-0.25, -0.2) is 5.43 Å². The predicted octanol–water partition coefficient (Wildman–Crippen LogP) is 2.92. The van der Waals surface area contributed by atoms with Gasteiger partial charge in [0.15, 0.2) is 0 Å². The Bertz CT molecular complexity index is 643. The van der Waals surface area contributed by atoms with Crippen molar-refractivity contribution in [2.75, 3.05) is 0 Å². The molecule has 2 nitrogen and oxygen atoms in total. The summed E-state index contributed by atoms with van der Waals surface area (Å²) in [4.78, 5) is 0. The smallest absolute Gasteiger partial charge is 0.0707 e. The zero-order valence-electron chi connectivity index (χ0n) is 9.98. The van der Waals surface area contributed by atoms with Crippen LogP contribution in [0.4, 0.5) is 0 Å². The van der Waals surface area contributed by atoms with Crippen LogP contribution in [0.1, 0.15) is 22.7 Å². The fourth-order valence-corrected chi connectivity index (χ4v) is 2.88. The van der Waals surface area contributed by atoms with Crippen LogP contribution in [0.3, 0.4) is 0 Å². The van der Waals surface area contributed by atoms with Gasteiger partial charge in [0.1, 0.15) is 0 Å². The van der Waals surface area contributed by atoms with E-state index in [0.29, 0.717) is 6.04 Å². The van der Waals surface area contributed by atoms with Crippen LogP contribution in [0.5, 0.6) is 0 Å². The summed E-state index contributed by atoms with van der Waals surface area (Å²) in [5, 5.41) is 0. The van der Waals surface area contributed by atoms with Gasteiger partial charge in [-0.1, -0.05) is 42.5 Å². The third-order valence-electron chi connectivity index (χ3n) is 3.79. The minimum Gasteiger partial charge on any atom is -0.328 e. The Morgan fingerprint density at radius 2 is 1.83 bits per heavy atom. The molecular weight excluding hydrogens is 220 g/mol. The van der Waals surface area contributed by atoms with Crippen LogP contribution >= 0.6 is 0 Å². The predicted molar refractivity (Wildman–Crippen MR) is 72.8 cm³/mol. The van der Waals surface area contributed by atoms with Crippen molar-refractivity contribution in [3.05, 3.63) is 71.4 Å². The molecule has 0 aromatic heterocycles. The van der Waals surface area contributed by atoms with E-state index in [2.05, 4.69) is 59.4 Å². The first-order valence-corrected chi connectivity index (χ1v) is 6.31. The van der Waals surface area contributed by atoms with E-state index in [1.807, 2.05) is 6.20 Å². The lowest BCUT2D eigenvalue weighted by Crippen LogP contribution is -2.24. The molecule has 2 aromatic carbocycles. The second-order valence-corrected chi connectivity index (χ2v) is 4.88. The van der Waals surface area contributed by atoms with Gasteiger partial charge < -0.3 is 5.43 Å². The van der Waals surface area contributed by atoms with Crippen LogP contribution in [-0.4, -0.2) is 0 Å². The fourth-order valence-electron chi connectivity index (χ4n) is 2.88. The molecule has 2 aromatic rings. The fraction of sp³-hybridized carbons (Fsp3) is 0.125. The summed E-state index contributed by atoms with van der Waals surface area (Å²) >= 11 is 0. The molecule has 1 aliphatic carbocycles. The number of rotatable bonds is 1. The Hall–Kier alpha value is -2.06. The number of nitrogens with one attached hydrogen (secondary N) is 2. The standard InChI is InChI=1S/C16H14N2/c1-2-4-14-11(3-1)9-13-10-12(5-6-15(13)14)16-7-8-17-18-16/h1-8,10,16-18H,9H2. The molecule has 0 saturated heterocycles. The largest absolute Gasteiger partial charge is 0.328 e. The first-order valence-electron chi connectivity index (χ1n) is 6.31. The zero-order chi connectivity index (χ0) is 11.9. The molecule has 2 heteroatoms. The van der Waals surface area contributed by atoms with Crippen molar-refractivity contribution in [1.29, 1.82) is 0 Å². The molecule has 4 rings (SSSR count). The normalized spacial score (nSPS) is 19.4. The van der Waals surface area contributed by atoms with E-state index in [4.69, 9.17) is 0 Å². The van der Waals surface area contributed by atoms with E-state index in [1.54, 1.807) is 0 Å². The van der Waals surface area contributed by atoms with E-state index in [0.717, 1.165) is 6.42 Å². The molecule has 1 atom stereocenters.